The van der Waals surface area contributed by atoms with Gasteiger partial charge in [0.25, 0.3) is 0 Å². The average molecular weight is 281 g/mol. The van der Waals surface area contributed by atoms with Crippen LogP contribution in [-0.4, -0.2) is 41.1 Å². The summed E-state index contributed by atoms with van der Waals surface area (Å²) in [7, 11) is 0. The van der Waals surface area contributed by atoms with Crippen LogP contribution in [0.15, 0.2) is 18.2 Å². The second-order valence-corrected chi connectivity index (χ2v) is 5.69. The van der Waals surface area contributed by atoms with Gasteiger partial charge in [-0.1, -0.05) is 11.6 Å². The maximum absolute atomic E-state index is 11.1. The fourth-order valence-electron chi connectivity index (χ4n) is 3.24. The molecule has 2 atom stereocenters. The Hall–Kier alpha value is -1.26. The number of anilines is 1. The summed E-state index contributed by atoms with van der Waals surface area (Å²) in [5.41, 5.74) is 1.01. The van der Waals surface area contributed by atoms with E-state index in [4.69, 9.17) is 16.7 Å². The number of carboxylic acid groups (broad SMARTS) is 1. The normalized spacial score (nSPS) is 26.4. The highest BCUT2D eigenvalue weighted by molar-refractivity contribution is 6.33. The molecule has 1 aromatic rings. The number of carbonyl (C=O) groups is 1. The van der Waals surface area contributed by atoms with Crippen LogP contribution < -0.4 is 5.32 Å². The molecule has 3 rings (SSSR count). The van der Waals surface area contributed by atoms with Crippen LogP contribution in [-0.2, 0) is 0 Å². The molecule has 1 aromatic carbocycles. The third-order valence-corrected chi connectivity index (χ3v) is 4.48. The number of hydrogen-bond acceptors (Lipinski definition) is 3. The van der Waals surface area contributed by atoms with Crippen LogP contribution >= 0.6 is 11.6 Å². The number of nitrogens with one attached hydrogen (secondary N) is 1. The minimum absolute atomic E-state index is 0.160. The first-order chi connectivity index (χ1) is 9.15. The van der Waals surface area contributed by atoms with Crippen LogP contribution in [0.3, 0.4) is 0 Å². The number of nitrogens with zero attached hydrogens (tertiary/aromatic N) is 1. The number of hydrogen-bond donors (Lipinski definition) is 2. The van der Waals surface area contributed by atoms with Gasteiger partial charge in [0.05, 0.1) is 10.6 Å². The van der Waals surface area contributed by atoms with Gasteiger partial charge in [-0.2, -0.15) is 0 Å². The quantitative estimate of drug-likeness (QED) is 0.894. The van der Waals surface area contributed by atoms with Gasteiger partial charge in [0, 0.05) is 24.3 Å². The molecule has 0 radical (unpaired) electrons. The van der Waals surface area contributed by atoms with Gasteiger partial charge in [0.2, 0.25) is 0 Å². The first-order valence-corrected chi connectivity index (χ1v) is 7.06. The molecule has 5 heteroatoms. The Morgan fingerprint density at radius 3 is 3.00 bits per heavy atom. The second-order valence-electron chi connectivity index (χ2n) is 5.28. The molecule has 2 aliphatic rings. The van der Waals surface area contributed by atoms with Crippen molar-refractivity contribution in [2.24, 2.45) is 0 Å². The largest absolute Gasteiger partial charge is 0.478 e. The van der Waals surface area contributed by atoms with E-state index in [0.717, 1.165) is 18.7 Å². The summed E-state index contributed by atoms with van der Waals surface area (Å²) < 4.78 is 0. The van der Waals surface area contributed by atoms with Gasteiger partial charge in [0.1, 0.15) is 0 Å². The van der Waals surface area contributed by atoms with Crippen LogP contribution in [0.4, 0.5) is 5.69 Å². The highest BCUT2D eigenvalue weighted by atomic mass is 35.5. The topological polar surface area (TPSA) is 52.6 Å². The Labute approximate surface area is 117 Å². The number of benzene rings is 1. The van der Waals surface area contributed by atoms with Crippen molar-refractivity contribution >= 4 is 23.3 Å². The van der Waals surface area contributed by atoms with E-state index in [0.29, 0.717) is 12.1 Å². The van der Waals surface area contributed by atoms with Crippen molar-refractivity contribution in [1.29, 1.82) is 0 Å². The Bertz CT molecular complexity index is 506. The van der Waals surface area contributed by atoms with Gasteiger partial charge in [-0.3, -0.25) is 4.90 Å². The molecule has 19 heavy (non-hydrogen) atoms. The third kappa shape index (κ3) is 2.42. The Balaban J connectivity index is 1.76. The minimum Gasteiger partial charge on any atom is -0.478 e. The van der Waals surface area contributed by atoms with E-state index in [-0.39, 0.29) is 10.6 Å². The first kappa shape index (κ1) is 12.8. The molecule has 0 aromatic heterocycles. The van der Waals surface area contributed by atoms with Crippen molar-refractivity contribution in [2.75, 3.05) is 18.4 Å². The molecule has 0 spiro atoms. The molecule has 4 nitrogen and oxygen atoms in total. The fraction of sp³-hybridized carbons (Fsp3) is 0.500. The number of halogens is 1. The Morgan fingerprint density at radius 1 is 1.37 bits per heavy atom. The summed E-state index contributed by atoms with van der Waals surface area (Å²) in [4.78, 5) is 13.6. The number of rotatable bonds is 3. The Morgan fingerprint density at radius 2 is 2.21 bits per heavy atom. The van der Waals surface area contributed by atoms with Crippen molar-refractivity contribution in [1.82, 2.24) is 4.90 Å². The summed E-state index contributed by atoms with van der Waals surface area (Å²) in [5, 5.41) is 12.8. The van der Waals surface area contributed by atoms with Crippen LogP contribution in [0.1, 0.15) is 29.6 Å². The van der Waals surface area contributed by atoms with E-state index in [1.165, 1.54) is 19.4 Å². The van der Waals surface area contributed by atoms with E-state index < -0.39 is 5.97 Å². The summed E-state index contributed by atoms with van der Waals surface area (Å²) in [6.07, 6.45) is 3.62. The van der Waals surface area contributed by atoms with Crippen molar-refractivity contribution in [3.8, 4) is 0 Å². The molecule has 102 valence electrons. The molecule has 0 bridgehead atoms. The fourth-order valence-corrected chi connectivity index (χ4v) is 3.44. The molecule has 2 saturated heterocycles. The van der Waals surface area contributed by atoms with E-state index in [1.54, 1.807) is 12.1 Å². The zero-order valence-corrected chi connectivity index (χ0v) is 11.4. The SMILES string of the molecule is O=C(O)c1cc(NC2CCN3CCCC23)ccc1Cl. The van der Waals surface area contributed by atoms with Crippen molar-refractivity contribution in [3.05, 3.63) is 28.8 Å². The van der Waals surface area contributed by atoms with Gasteiger partial charge >= 0.3 is 5.97 Å². The van der Waals surface area contributed by atoms with Gasteiger partial charge in [0.15, 0.2) is 0 Å². The lowest BCUT2D eigenvalue weighted by molar-refractivity contribution is 0.0697. The molecule has 0 saturated carbocycles. The van der Waals surface area contributed by atoms with E-state index in [9.17, 15) is 4.79 Å². The van der Waals surface area contributed by atoms with Gasteiger partial charge < -0.3 is 10.4 Å². The van der Waals surface area contributed by atoms with Crippen molar-refractivity contribution in [3.63, 3.8) is 0 Å². The van der Waals surface area contributed by atoms with E-state index in [1.807, 2.05) is 6.07 Å². The molecular formula is C14H17ClN2O2. The molecule has 0 aliphatic carbocycles. The zero-order valence-electron chi connectivity index (χ0n) is 10.6. The minimum atomic E-state index is -0.984. The van der Waals surface area contributed by atoms with E-state index in [2.05, 4.69) is 10.2 Å². The number of carboxylic acids is 1. The number of fused-ring (bicyclic) bond motifs is 1. The summed E-state index contributed by atoms with van der Waals surface area (Å²) in [6.45, 7) is 2.34. The lowest BCUT2D eigenvalue weighted by Crippen LogP contribution is -2.33. The van der Waals surface area contributed by atoms with Crippen LogP contribution in [0.2, 0.25) is 5.02 Å². The zero-order chi connectivity index (χ0) is 13.4. The molecule has 2 unspecified atom stereocenters. The highest BCUT2D eigenvalue weighted by Gasteiger charge is 2.36. The standard InChI is InChI=1S/C14H17ClN2O2/c15-11-4-3-9(8-10(11)14(18)19)16-12-5-7-17-6-1-2-13(12)17/h3-4,8,12-13,16H,1-2,5-7H2,(H,18,19). The summed E-state index contributed by atoms with van der Waals surface area (Å²) in [5.74, 6) is -0.984. The molecule has 2 aliphatic heterocycles. The molecule has 0 amide bonds. The summed E-state index contributed by atoms with van der Waals surface area (Å²) >= 11 is 5.88. The van der Waals surface area contributed by atoms with Crippen LogP contribution in [0.25, 0.3) is 0 Å². The van der Waals surface area contributed by atoms with Crippen molar-refractivity contribution in [2.45, 2.75) is 31.3 Å². The monoisotopic (exact) mass is 280 g/mol. The molecule has 2 heterocycles. The Kier molecular flexibility index (Phi) is 3.37. The van der Waals surface area contributed by atoms with Crippen LogP contribution in [0, 0.1) is 0 Å². The average Bonchev–Trinajstić information content (AvgIpc) is 2.96. The summed E-state index contributed by atoms with van der Waals surface area (Å²) in [6, 6.07) is 6.15. The molecular weight excluding hydrogens is 264 g/mol. The highest BCUT2D eigenvalue weighted by Crippen LogP contribution is 2.31. The van der Waals surface area contributed by atoms with Crippen molar-refractivity contribution < 1.29 is 9.90 Å². The van der Waals surface area contributed by atoms with Gasteiger partial charge in [-0.25, -0.2) is 4.79 Å². The predicted octanol–water partition coefficient (Wildman–Crippen LogP) is 2.69. The maximum Gasteiger partial charge on any atom is 0.337 e. The van der Waals surface area contributed by atoms with Gasteiger partial charge in [-0.05, 0) is 44.0 Å². The molecule has 2 N–H and O–H groups in total. The second kappa shape index (κ2) is 5.02. The lowest BCUT2D eigenvalue weighted by Gasteiger charge is -2.22. The predicted molar refractivity (Wildman–Crippen MR) is 75.0 cm³/mol. The smallest absolute Gasteiger partial charge is 0.337 e. The van der Waals surface area contributed by atoms with E-state index >= 15 is 0 Å². The third-order valence-electron chi connectivity index (χ3n) is 4.15. The van der Waals surface area contributed by atoms with Crippen LogP contribution in [0.5, 0.6) is 0 Å². The molecule has 2 fully saturated rings. The first-order valence-electron chi connectivity index (χ1n) is 6.68. The van der Waals surface area contributed by atoms with Gasteiger partial charge in [-0.15, -0.1) is 0 Å². The maximum atomic E-state index is 11.1. The lowest BCUT2D eigenvalue weighted by atomic mass is 10.1. The number of aromatic carboxylic acids is 1.